The molecule has 57 heavy (non-hydrogen) atoms. The van der Waals surface area contributed by atoms with Crippen molar-refractivity contribution in [3.8, 4) is 5.75 Å². The van der Waals surface area contributed by atoms with Gasteiger partial charge in [-0.05, 0) is 42.9 Å². The number of carboxylic acid groups (broad SMARTS) is 1. The number of nitrogens with two attached hydrogens (primary N) is 1. The van der Waals surface area contributed by atoms with Crippen molar-refractivity contribution in [1.82, 2.24) is 41.9 Å². The van der Waals surface area contributed by atoms with Crippen LogP contribution in [0.1, 0.15) is 52.3 Å². The predicted octanol–water partition coefficient (Wildman–Crippen LogP) is -3.71. The highest BCUT2D eigenvalue weighted by molar-refractivity contribution is 5.97. The Hall–Kier alpha value is -5.64. The summed E-state index contributed by atoms with van der Waals surface area (Å²) in [6, 6.07) is -4.54. The molecule has 0 aliphatic heterocycles. The van der Waals surface area contributed by atoms with Gasteiger partial charge in [0.25, 0.3) is 0 Å². The highest BCUT2D eigenvalue weighted by Gasteiger charge is 2.35. The van der Waals surface area contributed by atoms with Crippen LogP contribution in [-0.2, 0) is 46.4 Å². The second-order valence-corrected chi connectivity index (χ2v) is 14.3. The fourth-order valence-electron chi connectivity index (χ4n) is 5.34. The Morgan fingerprint density at radius 1 is 0.684 bits per heavy atom. The van der Waals surface area contributed by atoms with E-state index in [1.165, 1.54) is 43.7 Å². The fourth-order valence-corrected chi connectivity index (χ4v) is 5.34. The van der Waals surface area contributed by atoms with Crippen LogP contribution in [0.2, 0.25) is 0 Å². The van der Waals surface area contributed by atoms with Crippen LogP contribution >= 0.6 is 0 Å². The molecule has 0 unspecified atom stereocenters. The third-order valence-electron chi connectivity index (χ3n) is 8.64. The average molecular weight is 806 g/mol. The van der Waals surface area contributed by atoms with Gasteiger partial charge in [0.15, 0.2) is 0 Å². The number of phenols is 1. The number of carboxylic acids is 1. The van der Waals surface area contributed by atoms with Gasteiger partial charge < -0.3 is 68.2 Å². The van der Waals surface area contributed by atoms with Gasteiger partial charge in [0, 0.05) is 24.7 Å². The normalized spacial score (nSPS) is 15.5. The molecule has 1 aromatic carbocycles. The van der Waals surface area contributed by atoms with Crippen LogP contribution in [0.5, 0.6) is 5.75 Å². The molecule has 0 aliphatic rings. The Balaban J connectivity index is 2.20. The number of aromatic hydroxyl groups is 1. The third-order valence-corrected chi connectivity index (χ3v) is 8.64. The molecule has 14 N–H and O–H groups in total. The van der Waals surface area contributed by atoms with E-state index in [-0.39, 0.29) is 30.9 Å². The number of rotatable bonds is 23. The third kappa shape index (κ3) is 15.4. The molecule has 0 aliphatic carbocycles. The molecule has 1 heterocycles. The summed E-state index contributed by atoms with van der Waals surface area (Å²) in [4.78, 5) is 98.1. The number of aliphatic hydroxyl groups is 3. The molecule has 21 nitrogen and oxygen atoms in total. The van der Waals surface area contributed by atoms with Crippen LogP contribution in [0.3, 0.4) is 0 Å². The van der Waals surface area contributed by atoms with Crippen LogP contribution in [0.4, 0.5) is 0 Å². The molecular formula is C36H55N9O12. The molecule has 2 rings (SSSR count). The first kappa shape index (κ1) is 47.5. The minimum absolute atomic E-state index is 0.0564. The summed E-state index contributed by atoms with van der Waals surface area (Å²) in [5.41, 5.74) is 6.63. The molecular weight excluding hydrogens is 750 g/mol. The first-order chi connectivity index (χ1) is 26.8. The Morgan fingerprint density at radius 3 is 1.65 bits per heavy atom. The maximum Gasteiger partial charge on any atom is 0.326 e. The van der Waals surface area contributed by atoms with Crippen LogP contribution in [0, 0.1) is 11.8 Å². The highest BCUT2D eigenvalue weighted by Crippen LogP contribution is 2.12. The lowest BCUT2D eigenvalue weighted by molar-refractivity contribution is -0.142. The Bertz CT molecular complexity index is 1650. The molecule has 316 valence electrons. The standard InChI is InChI=1S/C36H55N9O12/c1-17(2)10-23(41-34(54)28(37)19(5)48)30(50)40-24(12-21-13-38-16-39-21)31(51)45-29(18(3)4)35(55)44-27(15-47)33(53)43-26(14-46)32(52)42-25(36(56)57)11-20-6-8-22(49)9-7-20/h6-9,13,16-19,23-29,46-49H,10-12,14-15,37H2,1-5H3,(H,38,39)(H,40,50)(H,41,54)(H,42,52)(H,43,53)(H,44,55)(H,45,51)(H,56,57)/t19-,23+,24+,25+,26+,27+,28+,29+/m1/s1. The van der Waals surface area contributed by atoms with E-state index in [2.05, 4.69) is 41.9 Å². The lowest BCUT2D eigenvalue weighted by Crippen LogP contribution is -2.62. The summed E-state index contributed by atoms with van der Waals surface area (Å²) < 4.78 is 0. The van der Waals surface area contributed by atoms with Crippen molar-refractivity contribution in [2.24, 2.45) is 17.6 Å². The van der Waals surface area contributed by atoms with Gasteiger partial charge >= 0.3 is 5.97 Å². The lowest BCUT2D eigenvalue weighted by Gasteiger charge is -2.28. The van der Waals surface area contributed by atoms with Gasteiger partial charge in [-0.1, -0.05) is 39.8 Å². The van der Waals surface area contributed by atoms with Gasteiger partial charge in [-0.15, -0.1) is 0 Å². The van der Waals surface area contributed by atoms with Crippen LogP contribution < -0.4 is 37.6 Å². The van der Waals surface area contributed by atoms with Crippen molar-refractivity contribution in [1.29, 1.82) is 0 Å². The van der Waals surface area contributed by atoms with E-state index in [9.17, 15) is 59.1 Å². The molecule has 0 saturated carbocycles. The maximum atomic E-state index is 13.8. The number of nitrogens with zero attached hydrogens (tertiary/aromatic N) is 1. The number of benzene rings is 1. The number of aliphatic carboxylic acids is 1. The van der Waals surface area contributed by atoms with Gasteiger partial charge in [-0.3, -0.25) is 28.8 Å². The number of aromatic nitrogens is 2. The molecule has 0 radical (unpaired) electrons. The van der Waals surface area contributed by atoms with E-state index in [4.69, 9.17) is 5.73 Å². The van der Waals surface area contributed by atoms with Crippen molar-refractivity contribution in [2.75, 3.05) is 13.2 Å². The zero-order valence-electron chi connectivity index (χ0n) is 32.4. The van der Waals surface area contributed by atoms with Crippen molar-refractivity contribution < 1.29 is 59.1 Å². The average Bonchev–Trinajstić information content (AvgIpc) is 3.67. The zero-order valence-corrected chi connectivity index (χ0v) is 32.4. The number of carbonyl (C=O) groups excluding carboxylic acids is 6. The fraction of sp³-hybridized carbons (Fsp3) is 0.556. The minimum Gasteiger partial charge on any atom is -0.508 e. The number of carbonyl (C=O) groups is 7. The second-order valence-electron chi connectivity index (χ2n) is 14.3. The number of imidazole rings is 1. The monoisotopic (exact) mass is 805 g/mol. The van der Waals surface area contributed by atoms with Gasteiger partial charge in [0.2, 0.25) is 35.4 Å². The summed E-state index contributed by atoms with van der Waals surface area (Å²) in [6.45, 7) is 6.09. The van der Waals surface area contributed by atoms with E-state index in [0.29, 0.717) is 11.3 Å². The van der Waals surface area contributed by atoms with Crippen LogP contribution in [-0.4, -0.2) is 139 Å². The van der Waals surface area contributed by atoms with E-state index in [0.717, 1.165) is 0 Å². The van der Waals surface area contributed by atoms with Gasteiger partial charge in [0.1, 0.15) is 48.0 Å². The Labute approximate surface area is 329 Å². The van der Waals surface area contributed by atoms with Crippen LogP contribution in [0.25, 0.3) is 0 Å². The Kier molecular flexibility index (Phi) is 19.0. The van der Waals surface area contributed by atoms with E-state index in [1.54, 1.807) is 27.7 Å². The molecule has 0 bridgehead atoms. The van der Waals surface area contributed by atoms with Crippen molar-refractivity contribution in [3.05, 3.63) is 48.0 Å². The molecule has 8 atom stereocenters. The number of phenolic OH excluding ortho intramolecular Hbond substituents is 1. The number of H-pyrrole nitrogens is 1. The van der Waals surface area contributed by atoms with Gasteiger partial charge in [-0.25, -0.2) is 9.78 Å². The SMILES string of the molecule is CC(C)C[C@H](NC(=O)[C@@H](N)[C@@H](C)O)C(=O)N[C@@H](Cc1cnc[nH]1)C(=O)N[C@H](C(=O)N[C@@H](CO)C(=O)N[C@@H](CO)C(=O)N[C@@H](Cc1ccc(O)cc1)C(=O)O)C(C)C. The van der Waals surface area contributed by atoms with Gasteiger partial charge in [0.05, 0.1) is 25.6 Å². The number of hydrogen-bond acceptors (Lipinski definition) is 13. The number of aromatic amines is 1. The quantitative estimate of drug-likeness (QED) is 0.0514. The Morgan fingerprint density at radius 2 is 1.18 bits per heavy atom. The largest absolute Gasteiger partial charge is 0.508 e. The van der Waals surface area contributed by atoms with Gasteiger partial charge in [-0.2, -0.15) is 0 Å². The molecule has 0 saturated heterocycles. The topological polar surface area (TPSA) is 348 Å². The molecule has 6 amide bonds. The van der Waals surface area contributed by atoms with Crippen molar-refractivity contribution in [3.63, 3.8) is 0 Å². The molecule has 1 aromatic heterocycles. The van der Waals surface area contributed by atoms with Crippen LogP contribution in [0.15, 0.2) is 36.8 Å². The highest BCUT2D eigenvalue weighted by atomic mass is 16.4. The molecule has 2 aromatic rings. The number of aliphatic hydroxyl groups excluding tert-OH is 3. The molecule has 0 spiro atoms. The minimum atomic E-state index is -1.71. The second kappa shape index (κ2) is 22.8. The number of hydrogen-bond donors (Lipinski definition) is 13. The van der Waals surface area contributed by atoms with E-state index in [1.807, 2.05) is 0 Å². The summed E-state index contributed by atoms with van der Waals surface area (Å²) >= 11 is 0. The van der Waals surface area contributed by atoms with Crippen molar-refractivity contribution in [2.45, 2.75) is 102 Å². The first-order valence-corrected chi connectivity index (χ1v) is 18.2. The molecule has 21 heteroatoms. The predicted molar refractivity (Wildman–Crippen MR) is 201 cm³/mol. The van der Waals surface area contributed by atoms with Crippen molar-refractivity contribution >= 4 is 41.4 Å². The summed E-state index contributed by atoms with van der Waals surface area (Å²) in [5.74, 6) is -7.76. The maximum absolute atomic E-state index is 13.8. The summed E-state index contributed by atoms with van der Waals surface area (Å²) in [5, 5.41) is 63.1. The summed E-state index contributed by atoms with van der Waals surface area (Å²) in [6.07, 6.45) is 1.36. The number of amides is 6. The van der Waals surface area contributed by atoms with E-state index < -0.39 is 109 Å². The smallest absolute Gasteiger partial charge is 0.326 e. The number of nitrogens with one attached hydrogen (secondary N) is 7. The van der Waals surface area contributed by atoms with E-state index >= 15 is 0 Å². The summed E-state index contributed by atoms with van der Waals surface area (Å²) in [7, 11) is 0. The first-order valence-electron chi connectivity index (χ1n) is 18.2. The molecule has 0 fully saturated rings. The lowest BCUT2D eigenvalue weighted by atomic mass is 10.00. The zero-order chi connectivity index (χ0) is 43.0.